The van der Waals surface area contributed by atoms with Crippen LogP contribution in [0.1, 0.15) is 106 Å². The molecule has 12 nitrogen and oxygen atoms in total. The van der Waals surface area contributed by atoms with Crippen molar-refractivity contribution in [2.75, 3.05) is 7.11 Å². The van der Waals surface area contributed by atoms with Gasteiger partial charge in [0.25, 0.3) is 0 Å². The monoisotopic (exact) mass is 1320 g/mol. The van der Waals surface area contributed by atoms with E-state index in [1.54, 1.807) is 86.0 Å². The molecule has 486 valence electrons. The second-order valence-electron chi connectivity index (χ2n) is 22.9. The SMILES string of the molecule is C=C(O)c1cccc(COC2CCC(NC(=O)N[C@@](Cc3ccccc3)(c3cc(F)cc(C(F)(F)F)c3)c3ccc(Cl)cn3)C2)c1.C=C(OC)c1cccc(CO[C@H]2CC[C@@H](NC(=O)N[C@@](Cc3ccccc3)(c3cc(F)cc(C(F)(F)F)c3)c3ccc(Cl)cn3)C2)c1. The largest absolute Gasteiger partial charge is 0.508 e. The minimum absolute atomic E-state index is 0.0262. The van der Waals surface area contributed by atoms with Crippen LogP contribution in [0, 0.1) is 11.6 Å². The Labute approximate surface area is 543 Å². The molecular formula is C71H66Cl2F8N6O6. The second-order valence-corrected chi connectivity index (χ2v) is 23.7. The minimum atomic E-state index is -4.84. The van der Waals surface area contributed by atoms with E-state index >= 15 is 0 Å². The smallest absolute Gasteiger partial charge is 0.416 e. The lowest BCUT2D eigenvalue weighted by atomic mass is 9.79. The highest BCUT2D eigenvalue weighted by molar-refractivity contribution is 6.30. The molecule has 10 rings (SSSR count). The van der Waals surface area contributed by atoms with Gasteiger partial charge in [-0.05, 0) is 145 Å². The summed E-state index contributed by atoms with van der Waals surface area (Å²) in [5.41, 5.74) is -1.09. The molecule has 2 saturated carbocycles. The molecule has 22 heteroatoms. The van der Waals surface area contributed by atoms with Crippen LogP contribution >= 0.6 is 23.2 Å². The van der Waals surface area contributed by atoms with E-state index in [1.165, 1.54) is 36.7 Å². The Hall–Kier alpha value is -8.82. The van der Waals surface area contributed by atoms with Gasteiger partial charge in [0.1, 0.15) is 34.2 Å². The fourth-order valence-corrected chi connectivity index (χ4v) is 11.8. The number of methoxy groups -OCH3 is 1. The van der Waals surface area contributed by atoms with E-state index < -0.39 is 58.3 Å². The highest BCUT2D eigenvalue weighted by Gasteiger charge is 2.44. The summed E-state index contributed by atoms with van der Waals surface area (Å²) in [5.74, 6) is -1.70. The van der Waals surface area contributed by atoms with Crippen LogP contribution in [0.5, 0.6) is 0 Å². The summed E-state index contributed by atoms with van der Waals surface area (Å²) in [6, 6.07) is 41.3. The lowest BCUT2D eigenvalue weighted by Gasteiger charge is -2.36. The number of hydrogen-bond donors (Lipinski definition) is 5. The van der Waals surface area contributed by atoms with Crippen LogP contribution in [-0.4, -0.2) is 58.5 Å². The summed E-state index contributed by atoms with van der Waals surface area (Å²) in [4.78, 5) is 36.3. The first kappa shape index (κ1) is 68.5. The van der Waals surface area contributed by atoms with Gasteiger partial charge in [0.2, 0.25) is 0 Å². The van der Waals surface area contributed by atoms with E-state index in [-0.39, 0.29) is 75.5 Å². The third-order valence-corrected chi connectivity index (χ3v) is 16.7. The van der Waals surface area contributed by atoms with E-state index in [4.69, 9.17) is 37.4 Å². The number of ether oxygens (including phenoxy) is 3. The number of amides is 4. The minimum Gasteiger partial charge on any atom is -0.508 e. The number of alkyl halides is 6. The Balaban J connectivity index is 0.000000219. The molecular weight excluding hydrogens is 1260 g/mol. The number of aliphatic hydroxyl groups excluding tert-OH is 1. The zero-order chi connectivity index (χ0) is 66.5. The van der Waals surface area contributed by atoms with Crippen molar-refractivity contribution < 1.29 is 64.0 Å². The molecule has 2 aliphatic rings. The van der Waals surface area contributed by atoms with Crippen molar-refractivity contribution in [1.29, 1.82) is 0 Å². The molecule has 2 aliphatic carbocycles. The molecule has 93 heavy (non-hydrogen) atoms. The molecule has 2 aromatic heterocycles. The fraction of sp³-hybridized carbons (Fsp3) is 0.268. The van der Waals surface area contributed by atoms with E-state index in [0.717, 1.165) is 41.0 Å². The van der Waals surface area contributed by atoms with Crippen LogP contribution in [-0.2, 0) is 63.7 Å². The molecule has 2 unspecified atom stereocenters. The standard InChI is InChI=1S/C36H34ClF4N3O3.C35H32ClF4N3O3/c1-23(46-2)26-10-6-9-25(15-26)22-47-32-13-12-31(19-32)43-34(45)44-35(20-24-7-4-3-5-8-24,33-14-11-29(37)21-42-33)27-16-28(36(39,40)41)18-30(38)17-27;1-22(44)25-9-5-8-24(14-25)21-46-31-12-11-30(18-31)42-33(45)43-34(19-23-6-3-2-4-7-23,32-13-10-28(36)20-41-32)26-15-27(35(38,39)40)17-29(37)16-26/h3-11,14-18,21,31-32H,1,12-13,19-20,22H2,2H3,(H2,43,44,45);2-10,13-17,20,30-31,44H,1,11-12,18-19,21H2,(H2,42,43,45)/t31-,32+,35+;30?,31?,34-/m10/s1. The molecule has 0 bridgehead atoms. The van der Waals surface area contributed by atoms with Crippen molar-refractivity contribution in [3.8, 4) is 0 Å². The highest BCUT2D eigenvalue weighted by atomic mass is 35.5. The lowest BCUT2D eigenvalue weighted by Crippen LogP contribution is -2.54. The van der Waals surface area contributed by atoms with Gasteiger partial charge in [-0.2, -0.15) is 26.3 Å². The van der Waals surface area contributed by atoms with Crippen molar-refractivity contribution in [2.45, 2.75) is 112 Å². The van der Waals surface area contributed by atoms with E-state index in [0.29, 0.717) is 86.3 Å². The zero-order valence-corrected chi connectivity index (χ0v) is 51.8. The molecule has 0 spiro atoms. The van der Waals surface area contributed by atoms with E-state index in [9.17, 15) is 49.8 Å². The van der Waals surface area contributed by atoms with Crippen molar-refractivity contribution in [3.63, 3.8) is 0 Å². The number of halogens is 10. The summed E-state index contributed by atoms with van der Waals surface area (Å²) in [7, 11) is 1.56. The molecule has 5 N–H and O–H groups in total. The van der Waals surface area contributed by atoms with Gasteiger partial charge in [-0.25, -0.2) is 18.4 Å². The predicted octanol–water partition coefficient (Wildman–Crippen LogP) is 16.8. The Morgan fingerprint density at radius 1 is 0.527 bits per heavy atom. The molecule has 8 aromatic rings. The van der Waals surface area contributed by atoms with Gasteiger partial charge >= 0.3 is 24.4 Å². The molecule has 0 aliphatic heterocycles. The molecule has 0 radical (unpaired) electrons. The number of aromatic nitrogens is 2. The average Bonchev–Trinajstić information content (AvgIpc) is 1.02. The van der Waals surface area contributed by atoms with Crippen LogP contribution in [0.15, 0.2) is 195 Å². The summed E-state index contributed by atoms with van der Waals surface area (Å²) in [6.07, 6.45) is -3.72. The normalized spacial score (nSPS) is 17.6. The fourth-order valence-electron chi connectivity index (χ4n) is 11.6. The third kappa shape index (κ3) is 18.3. The molecule has 6 atom stereocenters. The first-order chi connectivity index (χ1) is 44.4. The maximum atomic E-state index is 14.9. The summed E-state index contributed by atoms with van der Waals surface area (Å²) in [6.45, 7) is 8.08. The molecule has 2 fully saturated rings. The van der Waals surface area contributed by atoms with Gasteiger partial charge in [0.15, 0.2) is 0 Å². The average molecular weight is 1320 g/mol. The van der Waals surface area contributed by atoms with E-state index in [1.807, 2.05) is 30.3 Å². The topological polar surface area (TPSA) is 156 Å². The van der Waals surface area contributed by atoms with Crippen LogP contribution in [0.3, 0.4) is 0 Å². The number of carbonyl (C=O) groups excluding carboxylic acids is 2. The summed E-state index contributed by atoms with van der Waals surface area (Å²) >= 11 is 12.2. The summed E-state index contributed by atoms with van der Waals surface area (Å²) in [5, 5.41) is 21.9. The van der Waals surface area contributed by atoms with Gasteiger partial charge < -0.3 is 40.6 Å². The Morgan fingerprint density at radius 2 is 0.925 bits per heavy atom. The second kappa shape index (κ2) is 30.3. The predicted molar refractivity (Wildman–Crippen MR) is 340 cm³/mol. The van der Waals surface area contributed by atoms with Crippen molar-refractivity contribution in [3.05, 3.63) is 284 Å². The van der Waals surface area contributed by atoms with Crippen LogP contribution in [0.2, 0.25) is 10.0 Å². The lowest BCUT2D eigenvalue weighted by molar-refractivity contribution is -0.138. The first-order valence-corrected chi connectivity index (χ1v) is 30.4. The van der Waals surface area contributed by atoms with Gasteiger partial charge in [-0.15, -0.1) is 0 Å². The van der Waals surface area contributed by atoms with Crippen molar-refractivity contribution in [1.82, 2.24) is 31.2 Å². The maximum absolute atomic E-state index is 14.9. The van der Waals surface area contributed by atoms with Crippen LogP contribution < -0.4 is 21.3 Å². The van der Waals surface area contributed by atoms with Gasteiger partial charge in [-0.3, -0.25) is 9.97 Å². The van der Waals surface area contributed by atoms with Gasteiger partial charge in [0, 0.05) is 48.4 Å². The number of benzene rings is 6. The highest BCUT2D eigenvalue weighted by Crippen LogP contribution is 2.41. The first-order valence-electron chi connectivity index (χ1n) is 29.6. The Morgan fingerprint density at radius 3 is 1.31 bits per heavy atom. The number of rotatable bonds is 21. The molecule has 2 heterocycles. The van der Waals surface area contributed by atoms with Crippen LogP contribution in [0.25, 0.3) is 11.5 Å². The zero-order valence-electron chi connectivity index (χ0n) is 50.3. The van der Waals surface area contributed by atoms with Crippen LogP contribution in [0.4, 0.5) is 44.7 Å². The summed E-state index contributed by atoms with van der Waals surface area (Å²) < 4.78 is 131. The Kier molecular flexibility index (Phi) is 22.3. The van der Waals surface area contributed by atoms with Crippen molar-refractivity contribution >= 4 is 46.8 Å². The number of pyridine rings is 2. The number of urea groups is 2. The number of aliphatic hydroxyl groups is 1. The Bertz CT molecular complexity index is 3890. The third-order valence-electron chi connectivity index (χ3n) is 16.2. The molecule has 0 saturated heterocycles. The molecule has 6 aromatic carbocycles. The maximum Gasteiger partial charge on any atom is 0.416 e. The quantitative estimate of drug-likeness (QED) is 0.0352. The van der Waals surface area contributed by atoms with Crippen molar-refractivity contribution in [2.24, 2.45) is 0 Å². The number of hydrogen-bond acceptors (Lipinski definition) is 8. The number of nitrogens with one attached hydrogen (secondary N) is 4. The number of carbonyl (C=O) groups is 2. The van der Waals surface area contributed by atoms with E-state index in [2.05, 4.69) is 44.4 Å². The molecule has 4 amide bonds. The van der Waals surface area contributed by atoms with Gasteiger partial charge in [-0.1, -0.05) is 133 Å². The number of nitrogens with zero attached hydrogens (tertiary/aromatic N) is 2. The van der Waals surface area contributed by atoms with Gasteiger partial charge in [0.05, 0.1) is 65.1 Å².